The average Bonchev–Trinajstić information content (AvgIpc) is 2.74. The van der Waals surface area contributed by atoms with Crippen LogP contribution in [0.5, 0.6) is 0 Å². The van der Waals surface area contributed by atoms with E-state index in [0.29, 0.717) is 38.1 Å². The quantitative estimate of drug-likeness (QED) is 0.206. The van der Waals surface area contributed by atoms with Crippen LogP contribution in [0.4, 0.5) is 8.78 Å². The molecule has 0 aliphatic rings. The number of aliphatic hydroxyl groups excluding tert-OH is 1. The van der Waals surface area contributed by atoms with Gasteiger partial charge in [0.1, 0.15) is 11.6 Å². The van der Waals surface area contributed by atoms with Gasteiger partial charge in [-0.05, 0) is 55.8 Å². The highest BCUT2D eigenvalue weighted by atomic mass is 35.5. The van der Waals surface area contributed by atoms with Gasteiger partial charge in [-0.25, -0.2) is 17.2 Å². The number of sulfone groups is 1. The van der Waals surface area contributed by atoms with Crippen LogP contribution in [0.25, 0.3) is 0 Å². The molecule has 12 heteroatoms. The van der Waals surface area contributed by atoms with Crippen LogP contribution < -0.4 is 16.4 Å². The lowest BCUT2D eigenvalue weighted by Crippen LogP contribution is -2.54. The number of nitrogens with one attached hydrogen (secondary N) is 2. The molecule has 0 fully saturated rings. The van der Waals surface area contributed by atoms with Gasteiger partial charge < -0.3 is 21.5 Å². The molecule has 0 spiro atoms. The first-order valence-electron chi connectivity index (χ1n) is 12.5. The van der Waals surface area contributed by atoms with Gasteiger partial charge in [-0.1, -0.05) is 40.5 Å². The molecule has 1 amide bonds. The highest BCUT2D eigenvalue weighted by Gasteiger charge is 2.31. The van der Waals surface area contributed by atoms with E-state index in [1.54, 1.807) is 0 Å². The number of rotatable bonds is 17. The molecule has 0 unspecified atom stereocenters. The summed E-state index contributed by atoms with van der Waals surface area (Å²) in [5, 5.41) is 15.9. The standard InChI is InChI=1S/C25H43F2N3O4S.2ClH/c1-5-7-21(8-6-2)35(33,34)16-22(28)25(32)30-23(24(31)15-29-10-9-17(3)4)13-18-11-19(26)14-20(27)12-18;;/h11-12,14,17,21-24,29,31H,5-10,13,15-16,28H2,1-4H3,(H,30,32);2*1H/t22-,23+,24-;;/m1../s1. The van der Waals surface area contributed by atoms with E-state index in [-0.39, 0.29) is 43.3 Å². The van der Waals surface area contributed by atoms with Crippen molar-refractivity contribution < 1.29 is 27.1 Å². The van der Waals surface area contributed by atoms with Crippen LogP contribution >= 0.6 is 24.8 Å². The third kappa shape index (κ3) is 14.6. The molecule has 0 radical (unpaired) electrons. The van der Waals surface area contributed by atoms with Crippen molar-refractivity contribution >= 4 is 40.6 Å². The van der Waals surface area contributed by atoms with Crippen LogP contribution in [0.2, 0.25) is 0 Å². The molecule has 1 aromatic rings. The highest BCUT2D eigenvalue weighted by molar-refractivity contribution is 7.92. The average molecular weight is 593 g/mol. The van der Waals surface area contributed by atoms with Crippen molar-refractivity contribution in [3.05, 3.63) is 35.4 Å². The predicted molar refractivity (Wildman–Crippen MR) is 150 cm³/mol. The maximum atomic E-state index is 13.7. The second-order valence-corrected chi connectivity index (χ2v) is 12.0. The maximum absolute atomic E-state index is 13.7. The molecule has 218 valence electrons. The second-order valence-electron chi connectivity index (χ2n) is 9.69. The fourth-order valence-electron chi connectivity index (χ4n) is 3.95. The number of amides is 1. The van der Waals surface area contributed by atoms with E-state index in [9.17, 15) is 27.1 Å². The molecule has 37 heavy (non-hydrogen) atoms. The van der Waals surface area contributed by atoms with Crippen LogP contribution in [0.1, 0.15) is 65.4 Å². The normalized spacial score (nSPS) is 14.0. The lowest BCUT2D eigenvalue weighted by atomic mass is 10.00. The maximum Gasteiger partial charge on any atom is 0.238 e. The van der Waals surface area contributed by atoms with Gasteiger partial charge in [0.2, 0.25) is 5.91 Å². The first kappa shape index (κ1) is 38.1. The molecular formula is C25H45Cl2F2N3O4S. The van der Waals surface area contributed by atoms with Crippen LogP contribution in [0, 0.1) is 17.6 Å². The Labute approximate surface area is 233 Å². The number of hydrogen-bond acceptors (Lipinski definition) is 6. The van der Waals surface area contributed by atoms with E-state index in [4.69, 9.17) is 5.73 Å². The summed E-state index contributed by atoms with van der Waals surface area (Å²) in [5.41, 5.74) is 6.22. The molecule has 1 rings (SSSR count). The first-order chi connectivity index (χ1) is 16.4. The van der Waals surface area contributed by atoms with Crippen molar-refractivity contribution in [1.29, 1.82) is 0 Å². The van der Waals surface area contributed by atoms with E-state index in [2.05, 4.69) is 24.5 Å². The Morgan fingerprint density at radius 2 is 1.57 bits per heavy atom. The monoisotopic (exact) mass is 591 g/mol. The zero-order valence-corrected chi connectivity index (χ0v) is 24.7. The van der Waals surface area contributed by atoms with Gasteiger partial charge in [-0.15, -0.1) is 24.8 Å². The fourth-order valence-corrected chi connectivity index (χ4v) is 6.06. The summed E-state index contributed by atoms with van der Waals surface area (Å²) in [5.74, 6) is -2.31. The summed E-state index contributed by atoms with van der Waals surface area (Å²) in [6, 6.07) is 0.748. The van der Waals surface area contributed by atoms with E-state index < -0.39 is 56.6 Å². The number of carbonyl (C=O) groups excluding carboxylic acids is 1. The van der Waals surface area contributed by atoms with Crippen molar-refractivity contribution in [2.45, 2.75) is 89.7 Å². The summed E-state index contributed by atoms with van der Waals surface area (Å²) < 4.78 is 53.1. The fraction of sp³-hybridized carbons (Fsp3) is 0.720. The van der Waals surface area contributed by atoms with Crippen molar-refractivity contribution in [2.24, 2.45) is 11.7 Å². The van der Waals surface area contributed by atoms with Crippen molar-refractivity contribution in [2.75, 3.05) is 18.8 Å². The Balaban J connectivity index is 0. The molecule has 0 bridgehead atoms. The summed E-state index contributed by atoms with van der Waals surface area (Å²) >= 11 is 0. The summed E-state index contributed by atoms with van der Waals surface area (Å²) in [6.45, 7) is 8.74. The van der Waals surface area contributed by atoms with Crippen molar-refractivity contribution in [3.8, 4) is 0 Å². The summed E-state index contributed by atoms with van der Waals surface area (Å²) in [4.78, 5) is 12.8. The summed E-state index contributed by atoms with van der Waals surface area (Å²) in [6.07, 6.45) is 2.15. The lowest BCUT2D eigenvalue weighted by molar-refractivity contribution is -0.123. The number of aliphatic hydroxyl groups is 1. The van der Waals surface area contributed by atoms with Crippen LogP contribution in [0.15, 0.2) is 18.2 Å². The topological polar surface area (TPSA) is 122 Å². The Morgan fingerprint density at radius 1 is 1.03 bits per heavy atom. The van der Waals surface area contributed by atoms with E-state index in [1.165, 1.54) is 0 Å². The first-order valence-corrected chi connectivity index (χ1v) is 14.2. The van der Waals surface area contributed by atoms with Crippen molar-refractivity contribution in [1.82, 2.24) is 10.6 Å². The molecule has 7 nitrogen and oxygen atoms in total. The van der Waals surface area contributed by atoms with Gasteiger partial charge in [0.25, 0.3) is 0 Å². The smallest absolute Gasteiger partial charge is 0.238 e. The Kier molecular flexibility index (Phi) is 19.7. The molecule has 3 atom stereocenters. The third-order valence-electron chi connectivity index (χ3n) is 5.90. The molecule has 0 aliphatic carbocycles. The van der Waals surface area contributed by atoms with Gasteiger partial charge in [0, 0.05) is 12.6 Å². The molecule has 0 aliphatic heterocycles. The molecule has 0 heterocycles. The van der Waals surface area contributed by atoms with E-state index >= 15 is 0 Å². The van der Waals surface area contributed by atoms with Crippen LogP contribution in [-0.2, 0) is 21.1 Å². The van der Waals surface area contributed by atoms with E-state index in [0.717, 1.165) is 24.6 Å². The molecule has 0 aromatic heterocycles. The largest absolute Gasteiger partial charge is 0.390 e. The zero-order chi connectivity index (χ0) is 26.6. The number of hydrogen-bond donors (Lipinski definition) is 4. The Hall–Kier alpha value is -1.04. The molecule has 0 saturated carbocycles. The SMILES string of the molecule is CCCC(CCC)S(=O)(=O)C[C@@H](N)C(=O)N[C@@H](Cc1cc(F)cc(F)c1)[C@H](O)CNCCC(C)C.Cl.Cl. The van der Waals surface area contributed by atoms with Gasteiger partial charge in [0.15, 0.2) is 9.84 Å². The molecule has 0 saturated heterocycles. The van der Waals surface area contributed by atoms with Crippen molar-refractivity contribution in [3.63, 3.8) is 0 Å². The van der Waals surface area contributed by atoms with Gasteiger partial charge >= 0.3 is 0 Å². The zero-order valence-electron chi connectivity index (χ0n) is 22.2. The predicted octanol–water partition coefficient (Wildman–Crippen LogP) is 3.54. The molecule has 5 N–H and O–H groups in total. The number of halogens is 4. The third-order valence-corrected chi connectivity index (χ3v) is 8.21. The van der Waals surface area contributed by atoms with Gasteiger partial charge in [0.05, 0.1) is 29.2 Å². The minimum Gasteiger partial charge on any atom is -0.390 e. The number of carbonyl (C=O) groups is 1. The minimum absolute atomic E-state index is 0. The second kappa shape index (κ2) is 19.1. The summed E-state index contributed by atoms with van der Waals surface area (Å²) in [7, 11) is -3.60. The number of nitrogens with two attached hydrogens (primary N) is 1. The molecular weight excluding hydrogens is 547 g/mol. The van der Waals surface area contributed by atoms with Crippen LogP contribution in [0.3, 0.4) is 0 Å². The Morgan fingerprint density at radius 3 is 2.05 bits per heavy atom. The van der Waals surface area contributed by atoms with Crippen LogP contribution in [-0.4, -0.2) is 61.7 Å². The highest BCUT2D eigenvalue weighted by Crippen LogP contribution is 2.17. The van der Waals surface area contributed by atoms with E-state index in [1.807, 2.05) is 13.8 Å². The lowest BCUT2D eigenvalue weighted by Gasteiger charge is -2.27. The van der Waals surface area contributed by atoms with Gasteiger partial charge in [-0.3, -0.25) is 4.79 Å². The molecule has 1 aromatic carbocycles. The Bertz CT molecular complexity index is 868. The number of benzene rings is 1. The minimum atomic E-state index is -3.60. The van der Waals surface area contributed by atoms with Gasteiger partial charge in [-0.2, -0.15) is 0 Å².